The number of carboxylic acids is 1. The topological polar surface area (TPSA) is 108 Å². The van der Waals surface area contributed by atoms with Gasteiger partial charge in [-0.25, -0.2) is 4.98 Å². The Hall–Kier alpha value is -3.13. The number of hydrogen-bond donors (Lipinski definition) is 3. The van der Waals surface area contributed by atoms with Crippen LogP contribution in [0.5, 0.6) is 0 Å². The van der Waals surface area contributed by atoms with Crippen molar-refractivity contribution >= 4 is 29.3 Å². The van der Waals surface area contributed by atoms with E-state index >= 15 is 0 Å². The standard InChI is InChI=1S/C19H18N4O3S/c1-12-2-6-14(7-3-12)18-21-19(23-22-18)27-11-16(24)20-15-8-4-13(5-9-15)10-17(25)26/h2-9H,10-11H2,1H3,(H,20,24)(H,25,26)(H,21,22,23). The molecule has 0 fully saturated rings. The molecule has 0 aliphatic carbocycles. The van der Waals surface area contributed by atoms with Crippen molar-refractivity contribution in [2.45, 2.75) is 18.5 Å². The first-order valence-electron chi connectivity index (χ1n) is 8.22. The molecule has 0 unspecified atom stereocenters. The fourth-order valence-electron chi connectivity index (χ4n) is 2.36. The molecule has 0 radical (unpaired) electrons. The van der Waals surface area contributed by atoms with Gasteiger partial charge in [0.25, 0.3) is 0 Å². The molecule has 0 aliphatic rings. The second-order valence-electron chi connectivity index (χ2n) is 5.94. The van der Waals surface area contributed by atoms with Gasteiger partial charge in [0.05, 0.1) is 12.2 Å². The summed E-state index contributed by atoms with van der Waals surface area (Å²) in [6.45, 7) is 2.02. The van der Waals surface area contributed by atoms with Crippen molar-refractivity contribution in [3.05, 3.63) is 59.7 Å². The lowest BCUT2D eigenvalue weighted by atomic mass is 10.1. The number of thioether (sulfide) groups is 1. The summed E-state index contributed by atoms with van der Waals surface area (Å²) >= 11 is 1.23. The normalized spacial score (nSPS) is 10.6. The molecule has 3 rings (SSSR count). The van der Waals surface area contributed by atoms with Gasteiger partial charge in [-0.3, -0.25) is 14.7 Å². The molecule has 7 nitrogen and oxygen atoms in total. The van der Waals surface area contributed by atoms with E-state index in [2.05, 4.69) is 20.5 Å². The van der Waals surface area contributed by atoms with Gasteiger partial charge in [0.1, 0.15) is 0 Å². The summed E-state index contributed by atoms with van der Waals surface area (Å²) in [6, 6.07) is 14.7. The van der Waals surface area contributed by atoms with Crippen LogP contribution in [0.2, 0.25) is 0 Å². The zero-order chi connectivity index (χ0) is 19.2. The van der Waals surface area contributed by atoms with E-state index in [1.807, 2.05) is 31.2 Å². The highest BCUT2D eigenvalue weighted by atomic mass is 32.2. The van der Waals surface area contributed by atoms with E-state index in [0.717, 1.165) is 5.56 Å². The highest BCUT2D eigenvalue weighted by Gasteiger charge is 2.09. The maximum atomic E-state index is 12.1. The second-order valence-corrected chi connectivity index (χ2v) is 6.88. The number of carboxylic acid groups (broad SMARTS) is 1. The Labute approximate surface area is 160 Å². The van der Waals surface area contributed by atoms with E-state index in [4.69, 9.17) is 5.11 Å². The van der Waals surface area contributed by atoms with Gasteiger partial charge in [-0.05, 0) is 24.6 Å². The number of nitrogens with one attached hydrogen (secondary N) is 2. The van der Waals surface area contributed by atoms with Crippen LogP contribution < -0.4 is 5.32 Å². The molecular weight excluding hydrogens is 364 g/mol. The minimum atomic E-state index is -0.889. The predicted octanol–water partition coefficient (Wildman–Crippen LogP) is 3.14. The number of aromatic amines is 1. The highest BCUT2D eigenvalue weighted by Crippen LogP contribution is 2.20. The SMILES string of the molecule is Cc1ccc(-c2nc(SCC(=O)Nc3ccc(CC(=O)O)cc3)n[nH]2)cc1. The lowest BCUT2D eigenvalue weighted by molar-refractivity contribution is -0.136. The minimum absolute atomic E-state index is 0.0434. The molecule has 3 N–H and O–H groups in total. The van der Waals surface area contributed by atoms with Crippen LogP contribution in [0, 0.1) is 6.92 Å². The number of aliphatic carboxylic acids is 1. The van der Waals surface area contributed by atoms with Crippen LogP contribution in [0.25, 0.3) is 11.4 Å². The number of aromatic nitrogens is 3. The molecule has 138 valence electrons. The molecule has 3 aromatic rings. The molecule has 0 saturated carbocycles. The Morgan fingerprint density at radius 2 is 1.81 bits per heavy atom. The van der Waals surface area contributed by atoms with Gasteiger partial charge >= 0.3 is 5.97 Å². The van der Waals surface area contributed by atoms with E-state index in [-0.39, 0.29) is 18.1 Å². The van der Waals surface area contributed by atoms with Crippen molar-refractivity contribution in [1.29, 1.82) is 0 Å². The van der Waals surface area contributed by atoms with Crippen LogP contribution in [0.15, 0.2) is 53.7 Å². The number of amides is 1. The zero-order valence-electron chi connectivity index (χ0n) is 14.6. The molecule has 0 saturated heterocycles. The molecule has 27 heavy (non-hydrogen) atoms. The Morgan fingerprint density at radius 3 is 2.48 bits per heavy atom. The first-order chi connectivity index (χ1) is 13.0. The van der Waals surface area contributed by atoms with E-state index in [0.29, 0.717) is 22.2 Å². The van der Waals surface area contributed by atoms with Crippen molar-refractivity contribution in [1.82, 2.24) is 15.2 Å². The zero-order valence-corrected chi connectivity index (χ0v) is 15.4. The summed E-state index contributed by atoms with van der Waals surface area (Å²) in [6.07, 6.45) is -0.0434. The molecule has 8 heteroatoms. The summed E-state index contributed by atoms with van der Waals surface area (Å²) in [7, 11) is 0. The van der Waals surface area contributed by atoms with Crippen molar-refractivity contribution < 1.29 is 14.7 Å². The molecule has 0 atom stereocenters. The first kappa shape index (κ1) is 18.7. The van der Waals surface area contributed by atoms with Crippen LogP contribution in [0.3, 0.4) is 0 Å². The summed E-state index contributed by atoms with van der Waals surface area (Å²) < 4.78 is 0. The number of hydrogen-bond acceptors (Lipinski definition) is 5. The number of carbonyl (C=O) groups is 2. The lowest BCUT2D eigenvalue weighted by Crippen LogP contribution is -2.14. The molecule has 0 aliphatic heterocycles. The summed E-state index contributed by atoms with van der Waals surface area (Å²) in [5.41, 5.74) is 3.40. The van der Waals surface area contributed by atoms with Crippen molar-refractivity contribution in [3.63, 3.8) is 0 Å². The van der Waals surface area contributed by atoms with Crippen LogP contribution >= 0.6 is 11.8 Å². The average molecular weight is 382 g/mol. The van der Waals surface area contributed by atoms with E-state index in [1.54, 1.807) is 24.3 Å². The third-order valence-electron chi connectivity index (χ3n) is 3.72. The van der Waals surface area contributed by atoms with Gasteiger partial charge in [0, 0.05) is 11.3 Å². The Kier molecular flexibility index (Phi) is 5.87. The third kappa shape index (κ3) is 5.42. The maximum Gasteiger partial charge on any atom is 0.307 e. The minimum Gasteiger partial charge on any atom is -0.481 e. The fraction of sp³-hybridized carbons (Fsp3) is 0.158. The average Bonchev–Trinajstić information content (AvgIpc) is 3.11. The molecule has 2 aromatic carbocycles. The molecule has 1 amide bonds. The van der Waals surface area contributed by atoms with Crippen molar-refractivity contribution in [2.24, 2.45) is 0 Å². The van der Waals surface area contributed by atoms with Gasteiger partial charge in [-0.2, -0.15) is 0 Å². The molecular formula is C19H18N4O3S. The predicted molar refractivity (Wildman–Crippen MR) is 104 cm³/mol. The van der Waals surface area contributed by atoms with Crippen LogP contribution in [-0.2, 0) is 16.0 Å². The lowest BCUT2D eigenvalue weighted by Gasteiger charge is -2.05. The van der Waals surface area contributed by atoms with Crippen LogP contribution in [0.1, 0.15) is 11.1 Å². The quantitative estimate of drug-likeness (QED) is 0.542. The van der Waals surface area contributed by atoms with Crippen molar-refractivity contribution in [2.75, 3.05) is 11.1 Å². The number of nitrogens with zero attached hydrogens (tertiary/aromatic N) is 2. The highest BCUT2D eigenvalue weighted by molar-refractivity contribution is 7.99. The van der Waals surface area contributed by atoms with Crippen LogP contribution in [0.4, 0.5) is 5.69 Å². The second kappa shape index (κ2) is 8.50. The monoisotopic (exact) mass is 382 g/mol. The maximum absolute atomic E-state index is 12.1. The molecule has 1 heterocycles. The van der Waals surface area contributed by atoms with Crippen LogP contribution in [-0.4, -0.2) is 37.9 Å². The van der Waals surface area contributed by atoms with Gasteiger partial charge in [0.15, 0.2) is 5.82 Å². The van der Waals surface area contributed by atoms with E-state index in [1.165, 1.54) is 17.3 Å². The fourth-order valence-corrected chi connectivity index (χ4v) is 2.96. The van der Waals surface area contributed by atoms with E-state index < -0.39 is 5.97 Å². The summed E-state index contributed by atoms with van der Waals surface area (Å²) in [5, 5.41) is 19.0. The summed E-state index contributed by atoms with van der Waals surface area (Å²) in [5.74, 6) is -0.249. The largest absolute Gasteiger partial charge is 0.481 e. The summed E-state index contributed by atoms with van der Waals surface area (Å²) in [4.78, 5) is 27.1. The molecule has 1 aromatic heterocycles. The number of carbonyl (C=O) groups excluding carboxylic acids is 1. The number of H-pyrrole nitrogens is 1. The Bertz CT molecular complexity index is 936. The van der Waals surface area contributed by atoms with E-state index in [9.17, 15) is 9.59 Å². The molecule has 0 bridgehead atoms. The van der Waals surface area contributed by atoms with Crippen molar-refractivity contribution in [3.8, 4) is 11.4 Å². The molecule has 0 spiro atoms. The number of aryl methyl sites for hydroxylation is 1. The Balaban J connectivity index is 1.52. The number of anilines is 1. The van der Waals surface area contributed by atoms with Gasteiger partial charge < -0.3 is 10.4 Å². The third-order valence-corrected chi connectivity index (χ3v) is 4.56. The van der Waals surface area contributed by atoms with Gasteiger partial charge in [-0.1, -0.05) is 53.7 Å². The Morgan fingerprint density at radius 1 is 1.11 bits per heavy atom. The first-order valence-corrected chi connectivity index (χ1v) is 9.21. The number of rotatable bonds is 7. The van der Waals surface area contributed by atoms with Gasteiger partial charge in [0.2, 0.25) is 11.1 Å². The number of benzene rings is 2. The smallest absolute Gasteiger partial charge is 0.307 e. The van der Waals surface area contributed by atoms with Gasteiger partial charge in [-0.15, -0.1) is 5.10 Å².